The van der Waals surface area contributed by atoms with Gasteiger partial charge in [-0.05, 0) is 86.8 Å². The quantitative estimate of drug-likeness (QED) is 0.183. The lowest BCUT2D eigenvalue weighted by molar-refractivity contribution is 0.487. The lowest BCUT2D eigenvalue weighted by Gasteiger charge is -2.33. The summed E-state index contributed by atoms with van der Waals surface area (Å²) in [6, 6.07) is 59.7. The molecular formula is C49H33NOS. The fourth-order valence-corrected chi connectivity index (χ4v) is 10.1. The van der Waals surface area contributed by atoms with Crippen LogP contribution < -0.4 is 9.64 Å². The Morgan fingerprint density at radius 3 is 2.10 bits per heavy atom. The van der Waals surface area contributed by atoms with Gasteiger partial charge in [-0.1, -0.05) is 129 Å². The standard InChI is InChI=1S/C49H33NOS/c1-49(2)41-19-8-6-14-34(41)40-18-11-20-42(48(40)49)50(32-23-25-37-36-15-7-9-21-45(36)52-46(37)29-32)31-22-24-35-39-17-10-16-38-33(30-12-4-3-5-13-30)26-27-43(47(38)39)51-44(35)28-31/h3-29H,1-2H3. The number of rotatable bonds is 4. The molecule has 0 radical (unpaired) electrons. The maximum Gasteiger partial charge on any atom is 0.137 e. The molecule has 11 rings (SSSR count). The molecule has 1 aromatic heterocycles. The zero-order valence-electron chi connectivity index (χ0n) is 28.9. The van der Waals surface area contributed by atoms with Crippen molar-refractivity contribution in [3.8, 4) is 44.9 Å². The first-order valence-corrected chi connectivity index (χ1v) is 18.7. The normalized spacial score (nSPS) is 13.5. The molecule has 2 nitrogen and oxygen atoms in total. The van der Waals surface area contributed by atoms with Gasteiger partial charge in [0.15, 0.2) is 0 Å². The van der Waals surface area contributed by atoms with Crippen molar-refractivity contribution < 1.29 is 4.74 Å². The van der Waals surface area contributed by atoms with Gasteiger partial charge in [0, 0.05) is 54.0 Å². The molecule has 8 aromatic carbocycles. The van der Waals surface area contributed by atoms with E-state index in [1.54, 1.807) is 0 Å². The van der Waals surface area contributed by atoms with Crippen LogP contribution >= 0.6 is 11.3 Å². The van der Waals surface area contributed by atoms with E-state index in [4.69, 9.17) is 4.74 Å². The van der Waals surface area contributed by atoms with Crippen molar-refractivity contribution in [2.24, 2.45) is 0 Å². The molecule has 0 amide bonds. The van der Waals surface area contributed by atoms with Crippen molar-refractivity contribution in [2.75, 3.05) is 4.90 Å². The summed E-state index contributed by atoms with van der Waals surface area (Å²) in [5, 5.41) is 4.97. The van der Waals surface area contributed by atoms with Crippen LogP contribution in [0.1, 0.15) is 25.0 Å². The Morgan fingerprint density at radius 1 is 0.481 bits per heavy atom. The van der Waals surface area contributed by atoms with Gasteiger partial charge in [0.2, 0.25) is 0 Å². The molecule has 0 saturated heterocycles. The van der Waals surface area contributed by atoms with Crippen LogP contribution in [0.5, 0.6) is 11.5 Å². The number of hydrogen-bond donors (Lipinski definition) is 0. The largest absolute Gasteiger partial charge is 0.456 e. The molecule has 0 spiro atoms. The zero-order valence-corrected chi connectivity index (χ0v) is 29.7. The first kappa shape index (κ1) is 29.6. The fourth-order valence-electron chi connectivity index (χ4n) is 8.92. The third-order valence-corrected chi connectivity index (χ3v) is 12.4. The van der Waals surface area contributed by atoms with Gasteiger partial charge < -0.3 is 9.64 Å². The predicted molar refractivity (Wildman–Crippen MR) is 220 cm³/mol. The smallest absolute Gasteiger partial charge is 0.137 e. The highest BCUT2D eigenvalue weighted by Crippen LogP contribution is 2.56. The molecule has 52 heavy (non-hydrogen) atoms. The number of benzene rings is 8. The molecule has 3 heteroatoms. The van der Waals surface area contributed by atoms with Crippen molar-refractivity contribution in [3.63, 3.8) is 0 Å². The van der Waals surface area contributed by atoms with Crippen molar-refractivity contribution >= 4 is 59.3 Å². The Bertz CT molecular complexity index is 2920. The Balaban J connectivity index is 1.12. The van der Waals surface area contributed by atoms with E-state index >= 15 is 0 Å². The first-order valence-electron chi connectivity index (χ1n) is 17.9. The minimum absolute atomic E-state index is 0.182. The highest BCUT2D eigenvalue weighted by atomic mass is 32.1. The third kappa shape index (κ3) is 4.17. The fraction of sp³-hybridized carbons (Fsp3) is 0.0612. The van der Waals surface area contributed by atoms with E-state index in [9.17, 15) is 0 Å². The molecule has 0 atom stereocenters. The number of ether oxygens (including phenoxy) is 1. The van der Waals surface area contributed by atoms with Gasteiger partial charge in [-0.15, -0.1) is 11.3 Å². The van der Waals surface area contributed by atoms with Crippen molar-refractivity contribution in [1.29, 1.82) is 0 Å². The molecule has 246 valence electrons. The van der Waals surface area contributed by atoms with Gasteiger partial charge in [-0.2, -0.15) is 0 Å². The summed E-state index contributed by atoms with van der Waals surface area (Å²) in [6.07, 6.45) is 0. The van der Waals surface area contributed by atoms with Gasteiger partial charge in [-0.3, -0.25) is 0 Å². The molecule has 0 bridgehead atoms. The number of fused-ring (bicyclic) bond motifs is 8. The minimum atomic E-state index is -0.182. The summed E-state index contributed by atoms with van der Waals surface area (Å²) in [5.41, 5.74) is 13.3. The molecule has 0 N–H and O–H groups in total. The van der Waals surface area contributed by atoms with Crippen LogP contribution in [-0.2, 0) is 5.41 Å². The van der Waals surface area contributed by atoms with E-state index in [2.05, 4.69) is 183 Å². The Labute approximate surface area is 306 Å². The van der Waals surface area contributed by atoms with Crippen molar-refractivity contribution in [3.05, 3.63) is 175 Å². The van der Waals surface area contributed by atoms with E-state index in [1.807, 2.05) is 11.3 Å². The number of nitrogens with zero attached hydrogens (tertiary/aromatic N) is 1. The maximum atomic E-state index is 6.87. The molecule has 2 heterocycles. The number of anilines is 3. The van der Waals surface area contributed by atoms with Crippen molar-refractivity contribution in [2.45, 2.75) is 19.3 Å². The molecule has 1 aliphatic heterocycles. The van der Waals surface area contributed by atoms with Crippen LogP contribution in [-0.4, -0.2) is 0 Å². The van der Waals surface area contributed by atoms with Crippen LogP contribution in [0.15, 0.2) is 164 Å². The monoisotopic (exact) mass is 683 g/mol. The Hall–Kier alpha value is -6.16. The van der Waals surface area contributed by atoms with E-state index in [1.165, 1.54) is 70.2 Å². The SMILES string of the molecule is CC1(C)c2ccccc2-c2cccc(N(c3ccc4c(c3)Oc3ccc(-c5ccccc5)c5cccc-4c35)c3ccc4c(c3)sc3ccccc34)c21. The van der Waals surface area contributed by atoms with E-state index in [0.717, 1.165) is 33.8 Å². The minimum Gasteiger partial charge on any atom is -0.456 e. The van der Waals surface area contributed by atoms with Gasteiger partial charge in [0.05, 0.1) is 5.69 Å². The summed E-state index contributed by atoms with van der Waals surface area (Å²) >= 11 is 1.86. The van der Waals surface area contributed by atoms with Crippen LogP contribution in [0, 0.1) is 0 Å². The van der Waals surface area contributed by atoms with Crippen LogP contribution in [0.2, 0.25) is 0 Å². The summed E-state index contributed by atoms with van der Waals surface area (Å²) < 4.78 is 9.46. The molecular weight excluding hydrogens is 651 g/mol. The average molecular weight is 684 g/mol. The zero-order chi connectivity index (χ0) is 34.6. The van der Waals surface area contributed by atoms with Gasteiger partial charge in [-0.25, -0.2) is 0 Å². The Morgan fingerprint density at radius 2 is 1.17 bits per heavy atom. The van der Waals surface area contributed by atoms with Gasteiger partial charge in [0.25, 0.3) is 0 Å². The molecule has 0 unspecified atom stereocenters. The van der Waals surface area contributed by atoms with Crippen LogP contribution in [0.3, 0.4) is 0 Å². The number of hydrogen-bond acceptors (Lipinski definition) is 3. The van der Waals surface area contributed by atoms with Crippen molar-refractivity contribution in [1.82, 2.24) is 0 Å². The lowest BCUT2D eigenvalue weighted by Crippen LogP contribution is -2.20. The van der Waals surface area contributed by atoms with Crippen LogP contribution in [0.4, 0.5) is 17.1 Å². The summed E-state index contributed by atoms with van der Waals surface area (Å²) in [5.74, 6) is 1.76. The first-order chi connectivity index (χ1) is 25.5. The summed E-state index contributed by atoms with van der Waals surface area (Å²) in [4.78, 5) is 2.45. The second kappa shape index (κ2) is 10.9. The van der Waals surface area contributed by atoms with Gasteiger partial charge in [0.1, 0.15) is 11.5 Å². The van der Waals surface area contributed by atoms with Gasteiger partial charge >= 0.3 is 0 Å². The van der Waals surface area contributed by atoms with E-state index in [-0.39, 0.29) is 5.41 Å². The molecule has 0 fully saturated rings. The molecule has 1 aliphatic carbocycles. The third-order valence-electron chi connectivity index (χ3n) is 11.2. The maximum absolute atomic E-state index is 6.87. The van der Waals surface area contributed by atoms with E-state index in [0.29, 0.717) is 0 Å². The second-order valence-corrected chi connectivity index (χ2v) is 15.6. The lowest BCUT2D eigenvalue weighted by atomic mass is 9.81. The topological polar surface area (TPSA) is 12.5 Å². The highest BCUT2D eigenvalue weighted by molar-refractivity contribution is 7.25. The second-order valence-electron chi connectivity index (χ2n) is 14.5. The Kier molecular flexibility index (Phi) is 6.21. The molecule has 9 aromatic rings. The molecule has 0 saturated carbocycles. The summed E-state index contributed by atoms with van der Waals surface area (Å²) in [6.45, 7) is 4.73. The predicted octanol–water partition coefficient (Wildman–Crippen LogP) is 14.4. The number of thiophene rings is 1. The average Bonchev–Trinajstić information content (AvgIpc) is 3.67. The summed E-state index contributed by atoms with van der Waals surface area (Å²) in [7, 11) is 0. The highest BCUT2D eigenvalue weighted by Gasteiger charge is 2.39. The van der Waals surface area contributed by atoms with Crippen LogP contribution in [0.25, 0.3) is 64.3 Å². The van der Waals surface area contributed by atoms with E-state index < -0.39 is 0 Å². The molecule has 2 aliphatic rings.